The molecule has 1 amide bonds. The zero-order valence-corrected chi connectivity index (χ0v) is 9.42. The molecule has 1 saturated carbocycles. The fourth-order valence-electron chi connectivity index (χ4n) is 1.89. The molecule has 0 heterocycles. The van der Waals surface area contributed by atoms with Crippen molar-refractivity contribution >= 4 is 5.91 Å². The van der Waals surface area contributed by atoms with Crippen molar-refractivity contribution in [2.24, 2.45) is 17.3 Å². The number of nitrogens with zero attached hydrogens (tertiary/aromatic N) is 1. The highest BCUT2D eigenvalue weighted by Gasteiger charge is 2.40. The molecule has 0 bridgehead atoms. The molecule has 0 radical (unpaired) electrons. The summed E-state index contributed by atoms with van der Waals surface area (Å²) in [6.07, 6.45) is 2.17. The third-order valence-electron chi connectivity index (χ3n) is 3.15. The standard InChI is InChI=1S/C11H21NO/c1-11(2,3)9-6-8(7-9)10(13)12(4)5/h8-9H,6-7H2,1-5H3. The van der Waals surface area contributed by atoms with Gasteiger partial charge in [-0.2, -0.15) is 0 Å². The van der Waals surface area contributed by atoms with Crippen LogP contribution in [-0.4, -0.2) is 24.9 Å². The molecule has 76 valence electrons. The average Bonchev–Trinajstić information content (AvgIpc) is 1.79. The monoisotopic (exact) mass is 183 g/mol. The van der Waals surface area contributed by atoms with Gasteiger partial charge in [-0.05, 0) is 24.2 Å². The lowest BCUT2D eigenvalue weighted by Gasteiger charge is -2.43. The van der Waals surface area contributed by atoms with Crippen LogP contribution in [0.3, 0.4) is 0 Å². The molecule has 0 spiro atoms. The van der Waals surface area contributed by atoms with E-state index in [1.54, 1.807) is 4.90 Å². The molecule has 1 aliphatic rings. The maximum Gasteiger partial charge on any atom is 0.225 e. The minimum Gasteiger partial charge on any atom is -0.349 e. The van der Waals surface area contributed by atoms with Gasteiger partial charge in [0, 0.05) is 20.0 Å². The lowest BCUT2D eigenvalue weighted by atomic mass is 9.63. The van der Waals surface area contributed by atoms with Crippen LogP contribution >= 0.6 is 0 Å². The highest BCUT2D eigenvalue weighted by atomic mass is 16.2. The zero-order valence-electron chi connectivity index (χ0n) is 9.42. The third-order valence-corrected chi connectivity index (χ3v) is 3.15. The van der Waals surface area contributed by atoms with Gasteiger partial charge in [-0.15, -0.1) is 0 Å². The summed E-state index contributed by atoms with van der Waals surface area (Å²) in [4.78, 5) is 13.2. The van der Waals surface area contributed by atoms with Crippen molar-refractivity contribution in [3.63, 3.8) is 0 Å². The molecular weight excluding hydrogens is 162 g/mol. The van der Waals surface area contributed by atoms with E-state index in [4.69, 9.17) is 0 Å². The number of hydrogen-bond acceptors (Lipinski definition) is 1. The fraction of sp³-hybridized carbons (Fsp3) is 0.909. The van der Waals surface area contributed by atoms with Crippen molar-refractivity contribution in [2.45, 2.75) is 33.6 Å². The van der Waals surface area contributed by atoms with E-state index in [1.165, 1.54) is 0 Å². The quantitative estimate of drug-likeness (QED) is 0.610. The van der Waals surface area contributed by atoms with Crippen LogP contribution in [0.25, 0.3) is 0 Å². The van der Waals surface area contributed by atoms with Gasteiger partial charge >= 0.3 is 0 Å². The van der Waals surface area contributed by atoms with E-state index in [1.807, 2.05) is 14.1 Å². The lowest BCUT2D eigenvalue weighted by molar-refractivity contribution is -0.139. The molecule has 1 rings (SSSR count). The maximum absolute atomic E-state index is 11.5. The van der Waals surface area contributed by atoms with E-state index in [0.29, 0.717) is 17.2 Å². The van der Waals surface area contributed by atoms with Crippen LogP contribution in [-0.2, 0) is 4.79 Å². The minimum atomic E-state index is 0.305. The first-order valence-electron chi connectivity index (χ1n) is 5.03. The summed E-state index contributed by atoms with van der Waals surface area (Å²) in [5.41, 5.74) is 0.378. The smallest absolute Gasteiger partial charge is 0.225 e. The second kappa shape index (κ2) is 3.32. The Morgan fingerprint density at radius 1 is 1.23 bits per heavy atom. The van der Waals surface area contributed by atoms with Crippen molar-refractivity contribution in [3.05, 3.63) is 0 Å². The Bertz CT molecular complexity index is 197. The van der Waals surface area contributed by atoms with E-state index >= 15 is 0 Å². The third kappa shape index (κ3) is 2.23. The molecule has 2 heteroatoms. The fourth-order valence-corrected chi connectivity index (χ4v) is 1.89. The number of amides is 1. The predicted octanol–water partition coefficient (Wildman–Crippen LogP) is 2.15. The van der Waals surface area contributed by atoms with E-state index in [9.17, 15) is 4.79 Å². The van der Waals surface area contributed by atoms with Crippen LogP contribution < -0.4 is 0 Å². The number of carbonyl (C=O) groups excluding carboxylic acids is 1. The predicted molar refractivity (Wildman–Crippen MR) is 54.4 cm³/mol. The molecule has 0 aliphatic heterocycles. The highest BCUT2D eigenvalue weighted by Crippen LogP contribution is 2.45. The second-order valence-corrected chi connectivity index (χ2v) is 5.46. The van der Waals surface area contributed by atoms with Crippen LogP contribution in [0.5, 0.6) is 0 Å². The molecule has 0 saturated heterocycles. The highest BCUT2D eigenvalue weighted by molar-refractivity contribution is 5.79. The minimum absolute atomic E-state index is 0.305. The molecule has 0 N–H and O–H groups in total. The van der Waals surface area contributed by atoms with Crippen molar-refractivity contribution in [1.82, 2.24) is 4.90 Å². The van der Waals surface area contributed by atoms with Gasteiger partial charge in [0.05, 0.1) is 0 Å². The topological polar surface area (TPSA) is 20.3 Å². The Morgan fingerprint density at radius 2 is 1.69 bits per heavy atom. The second-order valence-electron chi connectivity index (χ2n) is 5.46. The van der Waals surface area contributed by atoms with E-state index in [0.717, 1.165) is 18.8 Å². The van der Waals surface area contributed by atoms with Gasteiger partial charge in [0.25, 0.3) is 0 Å². The Morgan fingerprint density at radius 3 is 2.00 bits per heavy atom. The van der Waals surface area contributed by atoms with Crippen LogP contribution in [0.2, 0.25) is 0 Å². The molecule has 0 unspecified atom stereocenters. The normalized spacial score (nSPS) is 28.1. The molecule has 0 aromatic rings. The summed E-state index contributed by atoms with van der Waals surface area (Å²) in [6.45, 7) is 6.77. The van der Waals surface area contributed by atoms with Crippen LogP contribution in [0.4, 0.5) is 0 Å². The van der Waals surface area contributed by atoms with Crippen molar-refractivity contribution < 1.29 is 4.79 Å². The molecule has 0 aromatic carbocycles. The summed E-state index contributed by atoms with van der Waals surface area (Å²) in [5.74, 6) is 1.35. The maximum atomic E-state index is 11.5. The Hall–Kier alpha value is -0.530. The van der Waals surface area contributed by atoms with Crippen LogP contribution in [0.1, 0.15) is 33.6 Å². The van der Waals surface area contributed by atoms with Gasteiger partial charge in [-0.3, -0.25) is 4.79 Å². The van der Waals surface area contributed by atoms with Gasteiger partial charge < -0.3 is 4.90 Å². The van der Waals surface area contributed by atoms with E-state index < -0.39 is 0 Å². The van der Waals surface area contributed by atoms with Crippen LogP contribution in [0, 0.1) is 17.3 Å². The lowest BCUT2D eigenvalue weighted by Crippen LogP contribution is -2.42. The first-order valence-corrected chi connectivity index (χ1v) is 5.03. The van der Waals surface area contributed by atoms with Crippen molar-refractivity contribution in [1.29, 1.82) is 0 Å². The molecule has 1 aliphatic carbocycles. The summed E-state index contributed by atoms with van der Waals surface area (Å²) in [7, 11) is 3.68. The van der Waals surface area contributed by atoms with E-state index in [-0.39, 0.29) is 0 Å². The summed E-state index contributed by atoms with van der Waals surface area (Å²) in [5, 5.41) is 0. The van der Waals surface area contributed by atoms with Gasteiger partial charge in [-0.25, -0.2) is 0 Å². The first kappa shape index (κ1) is 10.6. The van der Waals surface area contributed by atoms with Crippen molar-refractivity contribution in [2.75, 3.05) is 14.1 Å². The average molecular weight is 183 g/mol. The Balaban J connectivity index is 2.38. The van der Waals surface area contributed by atoms with E-state index in [2.05, 4.69) is 20.8 Å². The molecule has 1 fully saturated rings. The molecule has 13 heavy (non-hydrogen) atoms. The summed E-state index contributed by atoms with van der Waals surface area (Å²) in [6, 6.07) is 0. The van der Waals surface area contributed by atoms with Gasteiger partial charge in [0.1, 0.15) is 0 Å². The number of carbonyl (C=O) groups is 1. The molecule has 0 aromatic heterocycles. The first-order chi connectivity index (χ1) is 5.82. The Kier molecular flexibility index (Phi) is 2.69. The number of rotatable bonds is 1. The number of hydrogen-bond donors (Lipinski definition) is 0. The van der Waals surface area contributed by atoms with Gasteiger partial charge in [-0.1, -0.05) is 20.8 Å². The molecule has 2 nitrogen and oxygen atoms in total. The van der Waals surface area contributed by atoms with Crippen molar-refractivity contribution in [3.8, 4) is 0 Å². The zero-order chi connectivity index (χ0) is 10.2. The molecular formula is C11H21NO. The summed E-state index contributed by atoms with van der Waals surface area (Å²) < 4.78 is 0. The van der Waals surface area contributed by atoms with Crippen LogP contribution in [0.15, 0.2) is 0 Å². The Labute approximate surface area is 81.3 Å². The van der Waals surface area contributed by atoms with Gasteiger partial charge in [0.15, 0.2) is 0 Å². The molecule has 0 atom stereocenters. The van der Waals surface area contributed by atoms with Gasteiger partial charge in [0.2, 0.25) is 5.91 Å². The summed E-state index contributed by atoms with van der Waals surface area (Å²) >= 11 is 0. The largest absolute Gasteiger partial charge is 0.349 e. The SMILES string of the molecule is CN(C)C(=O)C1CC(C(C)(C)C)C1.